The number of nitrogens with one attached hydrogen (secondary N) is 1. The zero-order chi connectivity index (χ0) is 15.4. The molecule has 1 atom stereocenters. The first-order valence-electron chi connectivity index (χ1n) is 7.42. The fraction of sp³-hybridized carbons (Fsp3) is 0.353. The maximum absolute atomic E-state index is 12.0. The summed E-state index contributed by atoms with van der Waals surface area (Å²) in [7, 11) is 0. The number of aryl methyl sites for hydroxylation is 1. The van der Waals surface area contributed by atoms with Gasteiger partial charge in [-0.15, -0.1) is 0 Å². The van der Waals surface area contributed by atoms with E-state index in [1.54, 1.807) is 11.3 Å². The van der Waals surface area contributed by atoms with Crippen LogP contribution >= 0.6 is 11.3 Å². The molecule has 0 saturated carbocycles. The molecule has 22 heavy (non-hydrogen) atoms. The summed E-state index contributed by atoms with van der Waals surface area (Å²) in [6.07, 6.45) is 1.29. The topological polar surface area (TPSA) is 47.6 Å². The average Bonchev–Trinajstić information content (AvgIpc) is 3.06. The van der Waals surface area contributed by atoms with Gasteiger partial charge in [0.1, 0.15) is 13.2 Å². The number of hydrogen-bond donors (Lipinski definition) is 1. The highest BCUT2D eigenvalue weighted by molar-refractivity contribution is 7.07. The van der Waals surface area contributed by atoms with Crippen molar-refractivity contribution in [2.75, 3.05) is 13.2 Å². The Balaban J connectivity index is 1.56. The van der Waals surface area contributed by atoms with Gasteiger partial charge in [0, 0.05) is 6.42 Å². The van der Waals surface area contributed by atoms with Crippen LogP contribution in [-0.2, 0) is 11.2 Å². The van der Waals surface area contributed by atoms with E-state index in [0.29, 0.717) is 19.6 Å². The van der Waals surface area contributed by atoms with Gasteiger partial charge < -0.3 is 14.8 Å². The minimum Gasteiger partial charge on any atom is -0.486 e. The molecule has 1 N–H and O–H groups in total. The van der Waals surface area contributed by atoms with Crippen molar-refractivity contribution in [1.29, 1.82) is 0 Å². The second-order valence-electron chi connectivity index (χ2n) is 5.32. The molecule has 0 bridgehead atoms. The molecule has 2 heterocycles. The van der Waals surface area contributed by atoms with Gasteiger partial charge in [0.2, 0.25) is 5.91 Å². The summed E-state index contributed by atoms with van der Waals surface area (Å²) in [5.74, 6) is 1.59. The lowest BCUT2D eigenvalue weighted by Crippen LogP contribution is -2.27. The van der Waals surface area contributed by atoms with E-state index in [0.717, 1.165) is 23.5 Å². The van der Waals surface area contributed by atoms with E-state index in [1.807, 2.05) is 30.5 Å². The monoisotopic (exact) mass is 317 g/mol. The summed E-state index contributed by atoms with van der Waals surface area (Å²) in [5, 5.41) is 7.15. The van der Waals surface area contributed by atoms with E-state index in [-0.39, 0.29) is 11.9 Å². The Bertz CT molecular complexity index is 639. The molecule has 1 aliphatic rings. The van der Waals surface area contributed by atoms with Crippen LogP contribution in [0.3, 0.4) is 0 Å². The lowest BCUT2D eigenvalue weighted by Gasteiger charge is -2.21. The Kier molecular flexibility index (Phi) is 4.63. The number of hydrogen-bond acceptors (Lipinski definition) is 4. The first-order valence-corrected chi connectivity index (χ1v) is 8.36. The molecule has 0 spiro atoms. The summed E-state index contributed by atoms with van der Waals surface area (Å²) in [4.78, 5) is 12.0. The van der Waals surface area contributed by atoms with Crippen LogP contribution in [-0.4, -0.2) is 19.1 Å². The largest absolute Gasteiger partial charge is 0.486 e. The van der Waals surface area contributed by atoms with Gasteiger partial charge in [0.15, 0.2) is 11.5 Å². The van der Waals surface area contributed by atoms with Crippen LogP contribution < -0.4 is 14.8 Å². The van der Waals surface area contributed by atoms with E-state index >= 15 is 0 Å². The predicted molar refractivity (Wildman–Crippen MR) is 86.6 cm³/mol. The third-order valence-corrected chi connectivity index (χ3v) is 4.40. The molecule has 1 aliphatic heterocycles. The van der Waals surface area contributed by atoms with Crippen molar-refractivity contribution in [2.24, 2.45) is 0 Å². The number of ether oxygens (including phenoxy) is 2. The molecule has 0 fully saturated rings. The molecule has 3 rings (SSSR count). The molecule has 0 radical (unpaired) electrons. The molecule has 2 aromatic rings. The molecule has 116 valence electrons. The van der Waals surface area contributed by atoms with Crippen molar-refractivity contribution in [3.63, 3.8) is 0 Å². The van der Waals surface area contributed by atoms with Crippen LogP contribution in [0.25, 0.3) is 0 Å². The molecule has 1 unspecified atom stereocenters. The molecular formula is C17H19NO3S. The van der Waals surface area contributed by atoms with E-state index in [9.17, 15) is 4.79 Å². The highest BCUT2D eigenvalue weighted by Gasteiger charge is 2.15. The van der Waals surface area contributed by atoms with Crippen LogP contribution in [0.2, 0.25) is 0 Å². The third-order valence-electron chi connectivity index (χ3n) is 3.66. The van der Waals surface area contributed by atoms with Crippen LogP contribution in [0.5, 0.6) is 11.5 Å². The lowest BCUT2D eigenvalue weighted by atomic mass is 10.1. The van der Waals surface area contributed by atoms with Gasteiger partial charge in [-0.2, -0.15) is 11.3 Å². The van der Waals surface area contributed by atoms with Crippen LogP contribution in [0, 0.1) is 0 Å². The standard InChI is InChI=1S/C17H19NO3S/c1-12(18-17(19)5-2-13-6-9-22-11-13)14-3-4-15-16(10-14)21-8-7-20-15/h3-4,6,9-12H,2,5,7-8H2,1H3,(H,18,19). The van der Waals surface area contributed by atoms with E-state index in [4.69, 9.17) is 9.47 Å². The summed E-state index contributed by atoms with van der Waals surface area (Å²) < 4.78 is 11.1. The van der Waals surface area contributed by atoms with Crippen LogP contribution in [0.1, 0.15) is 30.5 Å². The maximum Gasteiger partial charge on any atom is 0.220 e. The van der Waals surface area contributed by atoms with Crippen molar-refractivity contribution < 1.29 is 14.3 Å². The number of fused-ring (bicyclic) bond motifs is 1. The predicted octanol–water partition coefficient (Wildman–Crippen LogP) is 3.33. The molecular weight excluding hydrogens is 298 g/mol. The molecule has 0 aliphatic carbocycles. The van der Waals surface area contributed by atoms with Crippen LogP contribution in [0.4, 0.5) is 0 Å². The summed E-state index contributed by atoms with van der Waals surface area (Å²) >= 11 is 1.66. The molecule has 4 nitrogen and oxygen atoms in total. The zero-order valence-electron chi connectivity index (χ0n) is 12.5. The number of benzene rings is 1. The Labute approximate surface area is 134 Å². The molecule has 0 saturated heterocycles. The molecule has 1 amide bonds. The van der Waals surface area contributed by atoms with Crippen molar-refractivity contribution in [2.45, 2.75) is 25.8 Å². The first-order chi connectivity index (χ1) is 10.7. The van der Waals surface area contributed by atoms with Crippen molar-refractivity contribution in [1.82, 2.24) is 5.32 Å². The molecule has 1 aromatic carbocycles. The van der Waals surface area contributed by atoms with Gasteiger partial charge in [-0.3, -0.25) is 4.79 Å². The van der Waals surface area contributed by atoms with Crippen LogP contribution in [0.15, 0.2) is 35.0 Å². The van der Waals surface area contributed by atoms with Gasteiger partial charge in [-0.05, 0) is 53.4 Å². The Morgan fingerprint density at radius 2 is 2.09 bits per heavy atom. The first kappa shape index (κ1) is 14.9. The third kappa shape index (κ3) is 3.60. The van der Waals surface area contributed by atoms with Gasteiger partial charge in [0.25, 0.3) is 0 Å². The minimum atomic E-state index is -0.0502. The van der Waals surface area contributed by atoms with E-state index in [2.05, 4.69) is 16.8 Å². The second kappa shape index (κ2) is 6.83. The SMILES string of the molecule is CC(NC(=O)CCc1ccsc1)c1ccc2c(c1)OCCO2. The number of rotatable bonds is 5. The molecule has 5 heteroatoms. The summed E-state index contributed by atoms with van der Waals surface area (Å²) in [5.41, 5.74) is 2.24. The van der Waals surface area contributed by atoms with Crippen molar-refractivity contribution >= 4 is 17.2 Å². The summed E-state index contributed by atoms with van der Waals surface area (Å²) in [6, 6.07) is 7.82. The van der Waals surface area contributed by atoms with E-state index in [1.165, 1.54) is 5.56 Å². The quantitative estimate of drug-likeness (QED) is 0.920. The fourth-order valence-electron chi connectivity index (χ4n) is 2.42. The van der Waals surface area contributed by atoms with Gasteiger partial charge >= 0.3 is 0 Å². The van der Waals surface area contributed by atoms with Gasteiger partial charge in [-0.25, -0.2) is 0 Å². The van der Waals surface area contributed by atoms with Gasteiger partial charge in [0.05, 0.1) is 6.04 Å². The van der Waals surface area contributed by atoms with Crippen molar-refractivity contribution in [3.8, 4) is 11.5 Å². The van der Waals surface area contributed by atoms with E-state index < -0.39 is 0 Å². The number of thiophene rings is 1. The highest BCUT2D eigenvalue weighted by atomic mass is 32.1. The fourth-order valence-corrected chi connectivity index (χ4v) is 3.12. The zero-order valence-corrected chi connectivity index (χ0v) is 13.3. The normalized spacial score (nSPS) is 14.4. The average molecular weight is 317 g/mol. The lowest BCUT2D eigenvalue weighted by molar-refractivity contribution is -0.121. The molecule has 1 aromatic heterocycles. The Morgan fingerprint density at radius 1 is 1.27 bits per heavy atom. The van der Waals surface area contributed by atoms with Gasteiger partial charge in [-0.1, -0.05) is 6.07 Å². The number of carbonyl (C=O) groups is 1. The number of carbonyl (C=O) groups excluding carboxylic acids is 1. The minimum absolute atomic E-state index is 0.0502. The maximum atomic E-state index is 12.0. The summed E-state index contributed by atoms with van der Waals surface area (Å²) in [6.45, 7) is 3.13. The smallest absolute Gasteiger partial charge is 0.220 e. The Morgan fingerprint density at radius 3 is 2.86 bits per heavy atom. The number of amides is 1. The highest BCUT2D eigenvalue weighted by Crippen LogP contribution is 2.32. The second-order valence-corrected chi connectivity index (χ2v) is 6.10. The van der Waals surface area contributed by atoms with Crippen molar-refractivity contribution in [3.05, 3.63) is 46.2 Å². The Hall–Kier alpha value is -2.01.